The highest BCUT2D eigenvalue weighted by molar-refractivity contribution is 6.02. The van der Waals surface area contributed by atoms with Crippen LogP contribution in [0, 0.1) is 6.92 Å². The van der Waals surface area contributed by atoms with Crippen molar-refractivity contribution in [2.75, 3.05) is 0 Å². The average molecular weight is 150 g/mol. The van der Waals surface area contributed by atoms with E-state index in [0.29, 0.717) is 5.69 Å². The largest absolute Gasteiger partial charge is 0.337 e. The summed E-state index contributed by atoms with van der Waals surface area (Å²) in [6, 6.07) is 0. The zero-order valence-corrected chi connectivity index (χ0v) is 6.66. The number of allylic oxidation sites excluding steroid dienone is 1. The van der Waals surface area contributed by atoms with E-state index in [-0.39, 0.29) is 5.78 Å². The second-order valence-corrected chi connectivity index (χ2v) is 2.35. The Balaban J connectivity index is 3.06. The third-order valence-corrected chi connectivity index (χ3v) is 1.55. The summed E-state index contributed by atoms with van der Waals surface area (Å²) < 4.78 is 1.80. The van der Waals surface area contributed by atoms with Gasteiger partial charge in [-0.25, -0.2) is 4.98 Å². The van der Waals surface area contributed by atoms with Crippen molar-refractivity contribution in [3.05, 3.63) is 30.4 Å². The summed E-state index contributed by atoms with van der Waals surface area (Å²) in [6.07, 6.45) is 2.96. The Morgan fingerprint density at radius 1 is 1.82 bits per heavy atom. The summed E-state index contributed by atoms with van der Waals surface area (Å²) in [6.45, 7) is 5.22. The highest BCUT2D eigenvalue weighted by Gasteiger charge is 2.05. The maximum Gasteiger partial charge on any atom is 0.205 e. The molecule has 0 aliphatic carbocycles. The molecule has 0 spiro atoms. The Hall–Kier alpha value is -1.38. The number of aromatic nitrogens is 2. The predicted molar refractivity (Wildman–Crippen MR) is 42.5 cm³/mol. The SMILES string of the molecule is C=CC(=O)c1cn(C)c(C)n1. The first kappa shape index (κ1) is 7.72. The van der Waals surface area contributed by atoms with Crippen LogP contribution in [0.3, 0.4) is 0 Å². The number of ketones is 1. The summed E-state index contributed by atoms with van der Waals surface area (Å²) in [5, 5.41) is 0. The molecule has 0 aliphatic rings. The second-order valence-electron chi connectivity index (χ2n) is 2.35. The fraction of sp³-hybridized carbons (Fsp3) is 0.250. The number of rotatable bonds is 2. The van der Waals surface area contributed by atoms with Gasteiger partial charge in [-0.2, -0.15) is 0 Å². The molecule has 1 aromatic rings. The zero-order valence-electron chi connectivity index (χ0n) is 6.66. The molecule has 1 aromatic heterocycles. The Morgan fingerprint density at radius 2 is 2.45 bits per heavy atom. The lowest BCUT2D eigenvalue weighted by Crippen LogP contribution is -1.92. The van der Waals surface area contributed by atoms with Crippen LogP contribution in [-0.2, 0) is 7.05 Å². The zero-order chi connectivity index (χ0) is 8.43. The van der Waals surface area contributed by atoms with E-state index in [9.17, 15) is 4.79 Å². The van der Waals surface area contributed by atoms with Gasteiger partial charge in [0.15, 0.2) is 0 Å². The standard InChI is InChI=1S/C8H10N2O/c1-4-8(11)7-5-10(3)6(2)9-7/h4-5H,1H2,2-3H3. The molecule has 0 saturated heterocycles. The van der Waals surface area contributed by atoms with Gasteiger partial charge >= 0.3 is 0 Å². The van der Waals surface area contributed by atoms with E-state index in [1.165, 1.54) is 6.08 Å². The Bertz CT molecular complexity index is 280. The monoisotopic (exact) mass is 150 g/mol. The lowest BCUT2D eigenvalue weighted by Gasteiger charge is -1.87. The lowest BCUT2D eigenvalue weighted by atomic mass is 10.3. The molecular formula is C8H10N2O. The van der Waals surface area contributed by atoms with E-state index >= 15 is 0 Å². The van der Waals surface area contributed by atoms with Crippen molar-refractivity contribution in [1.82, 2.24) is 9.55 Å². The molecule has 0 amide bonds. The van der Waals surface area contributed by atoms with Gasteiger partial charge in [0, 0.05) is 13.2 Å². The molecule has 0 aliphatic heterocycles. The fourth-order valence-corrected chi connectivity index (χ4v) is 0.782. The first-order chi connectivity index (χ1) is 5.15. The van der Waals surface area contributed by atoms with Crippen molar-refractivity contribution < 1.29 is 4.79 Å². The number of nitrogens with zero attached hydrogens (tertiary/aromatic N) is 2. The van der Waals surface area contributed by atoms with E-state index in [4.69, 9.17) is 0 Å². The third-order valence-electron chi connectivity index (χ3n) is 1.55. The molecule has 58 valence electrons. The van der Waals surface area contributed by atoms with Crippen LogP contribution < -0.4 is 0 Å². The van der Waals surface area contributed by atoms with Crippen molar-refractivity contribution in [2.45, 2.75) is 6.92 Å². The number of carbonyl (C=O) groups is 1. The predicted octanol–water partition coefficient (Wildman–Crippen LogP) is 1.10. The molecule has 1 heterocycles. The number of carbonyl (C=O) groups excluding carboxylic acids is 1. The number of imidazole rings is 1. The highest BCUT2D eigenvalue weighted by atomic mass is 16.1. The minimum atomic E-state index is -0.131. The molecule has 0 N–H and O–H groups in total. The van der Waals surface area contributed by atoms with Crippen LogP contribution in [0.4, 0.5) is 0 Å². The van der Waals surface area contributed by atoms with Crippen LogP contribution in [0.2, 0.25) is 0 Å². The van der Waals surface area contributed by atoms with Gasteiger partial charge in [-0.1, -0.05) is 6.58 Å². The number of hydrogen-bond acceptors (Lipinski definition) is 2. The number of aryl methyl sites for hydroxylation is 2. The first-order valence-electron chi connectivity index (χ1n) is 3.32. The lowest BCUT2D eigenvalue weighted by molar-refractivity contribution is 0.104. The van der Waals surface area contributed by atoms with Crippen molar-refractivity contribution in [3.8, 4) is 0 Å². The molecule has 3 nitrogen and oxygen atoms in total. The molecule has 0 saturated carbocycles. The summed E-state index contributed by atoms with van der Waals surface area (Å²) in [7, 11) is 1.85. The van der Waals surface area contributed by atoms with Gasteiger partial charge < -0.3 is 4.57 Å². The van der Waals surface area contributed by atoms with Crippen molar-refractivity contribution in [3.63, 3.8) is 0 Å². The quantitative estimate of drug-likeness (QED) is 0.467. The molecule has 3 heteroatoms. The minimum Gasteiger partial charge on any atom is -0.337 e. The normalized spacial score (nSPS) is 9.64. The van der Waals surface area contributed by atoms with Crippen LogP contribution in [0.15, 0.2) is 18.9 Å². The van der Waals surface area contributed by atoms with Gasteiger partial charge in [-0.05, 0) is 13.0 Å². The molecule has 0 fully saturated rings. The minimum absolute atomic E-state index is 0.131. The summed E-state index contributed by atoms with van der Waals surface area (Å²) in [5.74, 6) is 0.698. The van der Waals surface area contributed by atoms with Crippen LogP contribution in [-0.4, -0.2) is 15.3 Å². The Labute approximate surface area is 65.4 Å². The summed E-state index contributed by atoms with van der Waals surface area (Å²) >= 11 is 0. The van der Waals surface area contributed by atoms with Crippen LogP contribution in [0.25, 0.3) is 0 Å². The molecule has 0 atom stereocenters. The first-order valence-corrected chi connectivity index (χ1v) is 3.32. The van der Waals surface area contributed by atoms with Gasteiger partial charge in [0.1, 0.15) is 11.5 Å². The molecule has 1 rings (SSSR count). The topological polar surface area (TPSA) is 34.9 Å². The van der Waals surface area contributed by atoms with E-state index in [1.54, 1.807) is 10.8 Å². The Morgan fingerprint density at radius 3 is 2.82 bits per heavy atom. The van der Waals surface area contributed by atoms with Gasteiger partial charge in [-0.3, -0.25) is 4.79 Å². The van der Waals surface area contributed by atoms with E-state index < -0.39 is 0 Å². The molecule has 11 heavy (non-hydrogen) atoms. The maximum atomic E-state index is 11.0. The second kappa shape index (κ2) is 2.70. The van der Waals surface area contributed by atoms with E-state index in [2.05, 4.69) is 11.6 Å². The number of hydrogen-bond donors (Lipinski definition) is 0. The highest BCUT2D eigenvalue weighted by Crippen LogP contribution is 2.00. The molecule has 0 radical (unpaired) electrons. The van der Waals surface area contributed by atoms with Gasteiger partial charge in [0.25, 0.3) is 0 Å². The molecular weight excluding hydrogens is 140 g/mol. The van der Waals surface area contributed by atoms with Crippen LogP contribution >= 0.6 is 0 Å². The van der Waals surface area contributed by atoms with Crippen molar-refractivity contribution >= 4 is 5.78 Å². The smallest absolute Gasteiger partial charge is 0.205 e. The van der Waals surface area contributed by atoms with E-state index in [1.807, 2.05) is 14.0 Å². The van der Waals surface area contributed by atoms with Crippen molar-refractivity contribution in [2.24, 2.45) is 7.05 Å². The maximum absolute atomic E-state index is 11.0. The molecule has 0 unspecified atom stereocenters. The van der Waals surface area contributed by atoms with E-state index in [0.717, 1.165) is 5.82 Å². The van der Waals surface area contributed by atoms with Crippen LogP contribution in [0.1, 0.15) is 16.3 Å². The summed E-state index contributed by atoms with van der Waals surface area (Å²) in [5.41, 5.74) is 0.458. The summed E-state index contributed by atoms with van der Waals surface area (Å²) in [4.78, 5) is 15.0. The van der Waals surface area contributed by atoms with Gasteiger partial charge in [0.05, 0.1) is 0 Å². The molecule has 0 bridgehead atoms. The van der Waals surface area contributed by atoms with Crippen molar-refractivity contribution in [1.29, 1.82) is 0 Å². The van der Waals surface area contributed by atoms with Crippen LogP contribution in [0.5, 0.6) is 0 Å². The Kier molecular flexibility index (Phi) is 1.89. The van der Waals surface area contributed by atoms with Gasteiger partial charge in [0.2, 0.25) is 5.78 Å². The molecule has 0 aromatic carbocycles. The average Bonchev–Trinajstić information content (AvgIpc) is 2.31. The third kappa shape index (κ3) is 1.37. The van der Waals surface area contributed by atoms with Gasteiger partial charge in [-0.15, -0.1) is 0 Å². The fourth-order valence-electron chi connectivity index (χ4n) is 0.782.